The third-order valence-electron chi connectivity index (χ3n) is 5.37. The topological polar surface area (TPSA) is 135 Å². The van der Waals surface area contributed by atoms with Gasteiger partial charge in [-0.2, -0.15) is 0 Å². The molecule has 0 atom stereocenters. The summed E-state index contributed by atoms with van der Waals surface area (Å²) in [6.07, 6.45) is 0. The Hall–Kier alpha value is -3.99. The van der Waals surface area contributed by atoms with Crippen molar-refractivity contribution in [2.45, 2.75) is 13.5 Å². The van der Waals surface area contributed by atoms with Crippen LogP contribution in [0, 0.1) is 0 Å². The van der Waals surface area contributed by atoms with Gasteiger partial charge in [-0.05, 0) is 36.8 Å². The number of amides is 1. The van der Waals surface area contributed by atoms with Crippen LogP contribution in [0.1, 0.15) is 22.8 Å². The highest BCUT2D eigenvalue weighted by Crippen LogP contribution is 2.29. The first kappa shape index (κ1) is 28.2. The van der Waals surface area contributed by atoms with Crippen LogP contribution in [0.2, 0.25) is 0 Å². The highest BCUT2D eigenvalue weighted by molar-refractivity contribution is 6.27. The van der Waals surface area contributed by atoms with Gasteiger partial charge in [-0.1, -0.05) is 6.07 Å². The van der Waals surface area contributed by atoms with E-state index >= 15 is 0 Å². The lowest BCUT2D eigenvalue weighted by molar-refractivity contribution is -0.159. The quantitative estimate of drug-likeness (QED) is 0.515. The number of nitrogens with zero attached hydrogens (tertiary/aromatic N) is 2. The molecule has 2 N–H and O–H groups in total. The molecule has 0 unspecified atom stereocenters. The summed E-state index contributed by atoms with van der Waals surface area (Å²) in [6.45, 7) is 6.32. The molecule has 2 aromatic carbocycles. The van der Waals surface area contributed by atoms with Crippen molar-refractivity contribution >= 4 is 17.8 Å². The van der Waals surface area contributed by atoms with Crippen LogP contribution in [0.15, 0.2) is 36.4 Å². The van der Waals surface area contributed by atoms with E-state index in [0.29, 0.717) is 36.8 Å². The summed E-state index contributed by atoms with van der Waals surface area (Å²) >= 11 is 0. The van der Waals surface area contributed by atoms with Gasteiger partial charge in [0.1, 0.15) is 11.5 Å². The fourth-order valence-corrected chi connectivity index (χ4v) is 3.57. The summed E-state index contributed by atoms with van der Waals surface area (Å²) < 4.78 is 21.6. The molecular formula is C25H32N2O9. The Kier molecular flexibility index (Phi) is 10.8. The molecule has 3 rings (SSSR count). The Bertz CT molecular complexity index is 1020. The van der Waals surface area contributed by atoms with Crippen molar-refractivity contribution in [3.63, 3.8) is 0 Å². The average Bonchev–Trinajstić information content (AvgIpc) is 2.89. The Morgan fingerprint density at radius 2 is 1.39 bits per heavy atom. The van der Waals surface area contributed by atoms with E-state index in [2.05, 4.69) is 11.0 Å². The maximum Gasteiger partial charge on any atom is 0.414 e. The van der Waals surface area contributed by atoms with Crippen LogP contribution < -0.4 is 18.9 Å². The third kappa shape index (κ3) is 8.05. The highest BCUT2D eigenvalue weighted by atomic mass is 16.5. The second-order valence-corrected chi connectivity index (χ2v) is 7.70. The second-order valence-electron chi connectivity index (χ2n) is 7.70. The maximum atomic E-state index is 13.0. The Balaban J connectivity index is 0.000000678. The molecule has 0 radical (unpaired) electrons. The van der Waals surface area contributed by atoms with Crippen molar-refractivity contribution in [2.75, 3.05) is 54.1 Å². The molecule has 11 heteroatoms. The molecule has 1 aliphatic rings. The maximum absolute atomic E-state index is 13.0. The standard InChI is InChI=1S/C23H30N2O5.C2H2O4/c1-5-30-22-12-17(6-7-21(22)29-4)16-24-8-10-25(11-9-24)23(26)18-13-19(27-2)15-20(14-18)28-3;3-1(4)2(5)6/h6-7,12-15H,5,8-11,16H2,1-4H3;(H,3,4)(H,5,6). The normalized spacial score (nSPS) is 13.2. The summed E-state index contributed by atoms with van der Waals surface area (Å²) in [5.41, 5.74) is 1.74. The van der Waals surface area contributed by atoms with Gasteiger partial charge >= 0.3 is 11.9 Å². The number of carbonyl (C=O) groups is 3. The lowest BCUT2D eigenvalue weighted by atomic mass is 10.1. The largest absolute Gasteiger partial charge is 0.497 e. The molecule has 11 nitrogen and oxygen atoms in total. The van der Waals surface area contributed by atoms with Gasteiger partial charge in [-0.25, -0.2) is 9.59 Å². The number of piperazine rings is 1. The number of carbonyl (C=O) groups excluding carboxylic acids is 1. The van der Waals surface area contributed by atoms with Crippen molar-refractivity contribution in [3.8, 4) is 23.0 Å². The molecule has 0 aliphatic carbocycles. The van der Waals surface area contributed by atoms with Gasteiger partial charge in [0.25, 0.3) is 5.91 Å². The van der Waals surface area contributed by atoms with Gasteiger partial charge in [0, 0.05) is 44.4 Å². The fraction of sp³-hybridized carbons (Fsp3) is 0.400. The summed E-state index contributed by atoms with van der Waals surface area (Å²) in [5, 5.41) is 14.8. The monoisotopic (exact) mass is 504 g/mol. The van der Waals surface area contributed by atoms with Crippen molar-refractivity contribution in [1.82, 2.24) is 9.80 Å². The van der Waals surface area contributed by atoms with E-state index in [1.54, 1.807) is 39.5 Å². The first-order valence-electron chi connectivity index (χ1n) is 11.2. The fourth-order valence-electron chi connectivity index (χ4n) is 3.57. The highest BCUT2D eigenvalue weighted by Gasteiger charge is 2.23. The van der Waals surface area contributed by atoms with Crippen LogP contribution in [0.3, 0.4) is 0 Å². The minimum atomic E-state index is -1.82. The first-order chi connectivity index (χ1) is 17.2. The van der Waals surface area contributed by atoms with Crippen LogP contribution in [0.5, 0.6) is 23.0 Å². The van der Waals surface area contributed by atoms with Crippen molar-refractivity contribution < 1.29 is 43.5 Å². The van der Waals surface area contributed by atoms with Gasteiger partial charge in [0.05, 0.1) is 27.9 Å². The van der Waals surface area contributed by atoms with E-state index in [9.17, 15) is 4.79 Å². The van der Waals surface area contributed by atoms with Crippen LogP contribution in [0.25, 0.3) is 0 Å². The molecule has 0 spiro atoms. The van der Waals surface area contributed by atoms with E-state index in [0.717, 1.165) is 36.7 Å². The molecule has 1 fully saturated rings. The summed E-state index contributed by atoms with van der Waals surface area (Å²) in [7, 11) is 4.81. The number of ether oxygens (including phenoxy) is 4. The number of carboxylic acids is 2. The molecule has 0 bridgehead atoms. The van der Waals surface area contributed by atoms with Gasteiger partial charge in [0.15, 0.2) is 11.5 Å². The van der Waals surface area contributed by atoms with E-state index < -0.39 is 11.9 Å². The molecule has 2 aromatic rings. The van der Waals surface area contributed by atoms with E-state index in [1.807, 2.05) is 24.0 Å². The number of hydrogen-bond donors (Lipinski definition) is 2. The molecule has 1 heterocycles. The minimum Gasteiger partial charge on any atom is -0.497 e. The van der Waals surface area contributed by atoms with E-state index in [-0.39, 0.29) is 5.91 Å². The number of rotatable bonds is 8. The van der Waals surface area contributed by atoms with Crippen LogP contribution in [0.4, 0.5) is 0 Å². The summed E-state index contributed by atoms with van der Waals surface area (Å²) in [4.78, 5) is 35.4. The molecule has 196 valence electrons. The number of benzene rings is 2. The first-order valence-corrected chi connectivity index (χ1v) is 11.2. The predicted octanol–water partition coefficient (Wildman–Crippen LogP) is 2.22. The number of aliphatic carboxylic acids is 2. The zero-order valence-corrected chi connectivity index (χ0v) is 20.9. The Morgan fingerprint density at radius 1 is 0.806 bits per heavy atom. The molecular weight excluding hydrogens is 472 g/mol. The third-order valence-corrected chi connectivity index (χ3v) is 5.37. The van der Waals surface area contributed by atoms with Crippen molar-refractivity contribution in [3.05, 3.63) is 47.5 Å². The molecule has 1 saturated heterocycles. The average molecular weight is 505 g/mol. The minimum absolute atomic E-state index is 0.00469. The van der Waals surface area contributed by atoms with Gasteiger partial charge in [-0.3, -0.25) is 9.69 Å². The zero-order valence-electron chi connectivity index (χ0n) is 20.9. The SMILES string of the molecule is CCOc1cc(CN2CCN(C(=O)c3cc(OC)cc(OC)c3)CC2)ccc1OC.O=C(O)C(=O)O. The number of hydrogen-bond acceptors (Lipinski definition) is 8. The van der Waals surface area contributed by atoms with Crippen LogP contribution in [-0.2, 0) is 16.1 Å². The molecule has 1 aliphatic heterocycles. The van der Waals surface area contributed by atoms with E-state index in [4.69, 9.17) is 38.7 Å². The van der Waals surface area contributed by atoms with Gasteiger partial charge in [0.2, 0.25) is 0 Å². The second kappa shape index (κ2) is 13.8. The lowest BCUT2D eigenvalue weighted by Gasteiger charge is -2.35. The van der Waals surface area contributed by atoms with Gasteiger partial charge in [-0.15, -0.1) is 0 Å². The van der Waals surface area contributed by atoms with Crippen LogP contribution >= 0.6 is 0 Å². The van der Waals surface area contributed by atoms with Gasteiger partial charge < -0.3 is 34.1 Å². The summed E-state index contributed by atoms with van der Waals surface area (Å²) in [6, 6.07) is 11.3. The smallest absolute Gasteiger partial charge is 0.414 e. The molecule has 0 aromatic heterocycles. The van der Waals surface area contributed by atoms with E-state index in [1.165, 1.54) is 0 Å². The number of methoxy groups -OCH3 is 3. The zero-order chi connectivity index (χ0) is 26.7. The van der Waals surface area contributed by atoms with Crippen molar-refractivity contribution in [2.24, 2.45) is 0 Å². The lowest BCUT2D eigenvalue weighted by Crippen LogP contribution is -2.48. The molecule has 0 saturated carbocycles. The predicted molar refractivity (Wildman–Crippen MR) is 130 cm³/mol. The van der Waals surface area contributed by atoms with Crippen LogP contribution in [-0.4, -0.2) is 92.0 Å². The Morgan fingerprint density at radius 3 is 1.86 bits per heavy atom. The molecule has 36 heavy (non-hydrogen) atoms. The van der Waals surface area contributed by atoms with Crippen molar-refractivity contribution in [1.29, 1.82) is 0 Å². The number of carboxylic acid groups (broad SMARTS) is 2. The summed E-state index contributed by atoms with van der Waals surface area (Å²) in [5.74, 6) is -0.926. The molecule has 1 amide bonds. The Labute approximate surface area is 209 Å².